The molecule has 0 saturated carbocycles. The van der Waals surface area contributed by atoms with Gasteiger partial charge in [0.1, 0.15) is 0 Å². The maximum Gasteiger partial charge on any atom is 0.317 e. The second-order valence-corrected chi connectivity index (χ2v) is 7.31. The summed E-state index contributed by atoms with van der Waals surface area (Å²) in [5.74, 6) is 0. The number of rotatable bonds is 5. The summed E-state index contributed by atoms with van der Waals surface area (Å²) in [4.78, 5) is 17.4. The number of sulfone groups is 1. The monoisotopic (exact) mass is 299 g/mol. The van der Waals surface area contributed by atoms with Crippen molar-refractivity contribution in [2.24, 2.45) is 0 Å². The molecule has 20 heavy (non-hydrogen) atoms. The highest BCUT2D eigenvalue weighted by Gasteiger charge is 2.27. The van der Waals surface area contributed by atoms with Gasteiger partial charge < -0.3 is 10.2 Å². The van der Waals surface area contributed by atoms with Crippen LogP contribution in [0, 0.1) is 0 Å². The van der Waals surface area contributed by atoms with Crippen molar-refractivity contribution in [2.75, 3.05) is 13.3 Å². The fraction of sp³-hybridized carbons (Fsp3) is 0.538. The van der Waals surface area contributed by atoms with Crippen molar-refractivity contribution in [1.82, 2.24) is 15.2 Å². The lowest BCUT2D eigenvalue weighted by Gasteiger charge is -2.29. The summed E-state index contributed by atoms with van der Waals surface area (Å²) < 4.78 is 23.0. The van der Waals surface area contributed by atoms with Crippen LogP contribution in [0.5, 0.6) is 0 Å². The van der Waals surface area contributed by atoms with E-state index in [2.05, 4.69) is 10.3 Å². The zero-order valence-corrected chi connectivity index (χ0v) is 13.0. The van der Waals surface area contributed by atoms with Crippen LogP contribution in [0.1, 0.15) is 19.4 Å². The fourth-order valence-corrected chi connectivity index (χ4v) is 2.56. The Bertz CT molecular complexity index is 545. The summed E-state index contributed by atoms with van der Waals surface area (Å²) in [7, 11) is -1.59. The molecule has 1 aromatic rings. The standard InChI is InChI=1S/C13H21N3O3S/c1-10(11(2)20(4,18)19)16(3)13(17)15-9-12-6-5-7-14-8-12/h5-8,10-11H,9H2,1-4H3,(H,15,17)/t10-,11+/m0/s1. The third kappa shape index (κ3) is 4.48. The fourth-order valence-electron chi connectivity index (χ4n) is 1.66. The number of hydrogen-bond acceptors (Lipinski definition) is 4. The maximum absolute atomic E-state index is 12.0. The number of carbonyl (C=O) groups is 1. The lowest BCUT2D eigenvalue weighted by atomic mass is 10.2. The zero-order chi connectivity index (χ0) is 15.3. The molecule has 0 aliphatic rings. The molecule has 1 aromatic heterocycles. The van der Waals surface area contributed by atoms with E-state index in [1.807, 2.05) is 6.07 Å². The first kappa shape index (κ1) is 16.4. The maximum atomic E-state index is 12.0. The van der Waals surface area contributed by atoms with Crippen molar-refractivity contribution < 1.29 is 13.2 Å². The molecule has 0 radical (unpaired) electrons. The summed E-state index contributed by atoms with van der Waals surface area (Å²) in [5.41, 5.74) is 0.887. The van der Waals surface area contributed by atoms with E-state index in [4.69, 9.17) is 0 Å². The highest BCUT2D eigenvalue weighted by Crippen LogP contribution is 2.10. The molecule has 2 amide bonds. The molecule has 1 heterocycles. The van der Waals surface area contributed by atoms with Gasteiger partial charge in [0.05, 0.1) is 5.25 Å². The largest absolute Gasteiger partial charge is 0.334 e. The van der Waals surface area contributed by atoms with Crippen molar-refractivity contribution in [3.63, 3.8) is 0 Å². The molecule has 112 valence electrons. The van der Waals surface area contributed by atoms with Crippen molar-refractivity contribution >= 4 is 15.9 Å². The first-order valence-electron chi connectivity index (χ1n) is 6.32. The Labute approximate surface area is 120 Å². The van der Waals surface area contributed by atoms with Gasteiger partial charge in [0.25, 0.3) is 0 Å². The Morgan fingerprint density at radius 1 is 1.45 bits per heavy atom. The number of amides is 2. The highest BCUT2D eigenvalue weighted by molar-refractivity contribution is 7.91. The number of aromatic nitrogens is 1. The van der Waals surface area contributed by atoms with Crippen LogP contribution >= 0.6 is 0 Å². The van der Waals surface area contributed by atoms with Crippen molar-refractivity contribution in [1.29, 1.82) is 0 Å². The number of carbonyl (C=O) groups excluding carboxylic acids is 1. The molecular formula is C13H21N3O3S. The molecular weight excluding hydrogens is 278 g/mol. The molecule has 6 nitrogen and oxygen atoms in total. The van der Waals surface area contributed by atoms with E-state index in [9.17, 15) is 13.2 Å². The van der Waals surface area contributed by atoms with Gasteiger partial charge in [-0.1, -0.05) is 6.07 Å². The van der Waals surface area contributed by atoms with Gasteiger partial charge in [-0.2, -0.15) is 0 Å². The molecule has 1 rings (SSSR count). The summed E-state index contributed by atoms with van der Waals surface area (Å²) >= 11 is 0. The molecule has 0 aliphatic carbocycles. The van der Waals surface area contributed by atoms with Gasteiger partial charge in [-0.3, -0.25) is 4.98 Å². The topological polar surface area (TPSA) is 79.4 Å². The third-order valence-corrected chi connectivity index (χ3v) is 5.20. The van der Waals surface area contributed by atoms with Gasteiger partial charge in [-0.25, -0.2) is 13.2 Å². The molecule has 0 unspecified atom stereocenters. The Hall–Kier alpha value is -1.63. The minimum atomic E-state index is -3.18. The molecule has 1 N–H and O–H groups in total. The summed E-state index contributed by atoms with van der Waals surface area (Å²) in [6, 6.07) is 2.94. The van der Waals surface area contributed by atoms with Gasteiger partial charge in [-0.05, 0) is 25.5 Å². The molecule has 2 atom stereocenters. The number of pyridine rings is 1. The first-order chi connectivity index (χ1) is 9.23. The second-order valence-electron chi connectivity index (χ2n) is 4.91. The zero-order valence-electron chi connectivity index (χ0n) is 12.2. The number of nitrogens with zero attached hydrogens (tertiary/aromatic N) is 2. The quantitative estimate of drug-likeness (QED) is 0.881. The van der Waals surface area contributed by atoms with E-state index in [-0.39, 0.29) is 6.03 Å². The van der Waals surface area contributed by atoms with Crippen LogP contribution in [0.2, 0.25) is 0 Å². The van der Waals surface area contributed by atoms with Crippen molar-refractivity contribution in [2.45, 2.75) is 31.7 Å². The molecule has 0 spiro atoms. The van der Waals surface area contributed by atoms with E-state index in [0.29, 0.717) is 6.54 Å². The minimum Gasteiger partial charge on any atom is -0.334 e. The Morgan fingerprint density at radius 3 is 2.60 bits per heavy atom. The predicted molar refractivity (Wildman–Crippen MR) is 78.0 cm³/mol. The van der Waals surface area contributed by atoms with Crippen molar-refractivity contribution in [3.8, 4) is 0 Å². The molecule has 0 aliphatic heterocycles. The molecule has 0 fully saturated rings. The lowest BCUT2D eigenvalue weighted by molar-refractivity contribution is 0.193. The Balaban J connectivity index is 2.59. The SMILES string of the molecule is C[C@H]([C@H](C)N(C)C(=O)NCc1cccnc1)S(C)(=O)=O. The molecule has 0 bridgehead atoms. The van der Waals surface area contributed by atoms with Gasteiger partial charge in [-0.15, -0.1) is 0 Å². The van der Waals surface area contributed by atoms with Crippen LogP contribution in [0.4, 0.5) is 4.79 Å². The van der Waals surface area contributed by atoms with Crippen LogP contribution in [0.25, 0.3) is 0 Å². The summed E-state index contributed by atoms with van der Waals surface area (Å²) in [5, 5.41) is 2.12. The second kappa shape index (κ2) is 6.69. The van der Waals surface area contributed by atoms with Gasteiger partial charge >= 0.3 is 6.03 Å². The van der Waals surface area contributed by atoms with E-state index >= 15 is 0 Å². The predicted octanol–water partition coefficient (Wildman–Crippen LogP) is 1.04. The third-order valence-electron chi connectivity index (χ3n) is 3.45. The molecule has 0 saturated heterocycles. The first-order valence-corrected chi connectivity index (χ1v) is 8.27. The average molecular weight is 299 g/mol. The van der Waals surface area contributed by atoms with Crippen LogP contribution in [0.15, 0.2) is 24.5 Å². The smallest absolute Gasteiger partial charge is 0.317 e. The Kier molecular flexibility index (Phi) is 5.50. The van der Waals surface area contributed by atoms with Gasteiger partial charge in [0.15, 0.2) is 9.84 Å². The van der Waals surface area contributed by atoms with E-state index in [1.165, 1.54) is 11.2 Å². The lowest BCUT2D eigenvalue weighted by Crippen LogP contribution is -2.48. The van der Waals surface area contributed by atoms with Crippen molar-refractivity contribution in [3.05, 3.63) is 30.1 Å². The normalized spacial score (nSPS) is 14.4. The van der Waals surface area contributed by atoms with Gasteiger partial charge in [0.2, 0.25) is 0 Å². The van der Waals surface area contributed by atoms with E-state index in [1.54, 1.807) is 39.4 Å². The van der Waals surface area contributed by atoms with Crippen LogP contribution < -0.4 is 5.32 Å². The Morgan fingerprint density at radius 2 is 2.10 bits per heavy atom. The number of urea groups is 1. The van der Waals surface area contributed by atoms with Crippen LogP contribution in [0.3, 0.4) is 0 Å². The van der Waals surface area contributed by atoms with Crippen LogP contribution in [-0.4, -0.2) is 48.9 Å². The molecule has 0 aromatic carbocycles. The minimum absolute atomic E-state index is 0.308. The van der Waals surface area contributed by atoms with Crippen LogP contribution in [-0.2, 0) is 16.4 Å². The molecule has 7 heteroatoms. The summed E-state index contributed by atoms with van der Waals surface area (Å²) in [6.45, 7) is 3.68. The number of nitrogens with one attached hydrogen (secondary N) is 1. The highest BCUT2D eigenvalue weighted by atomic mass is 32.2. The summed E-state index contributed by atoms with van der Waals surface area (Å²) in [6.07, 6.45) is 4.51. The number of hydrogen-bond donors (Lipinski definition) is 1. The average Bonchev–Trinajstić information content (AvgIpc) is 2.42. The van der Waals surface area contributed by atoms with E-state index < -0.39 is 21.1 Å². The van der Waals surface area contributed by atoms with E-state index in [0.717, 1.165) is 5.56 Å². The van der Waals surface area contributed by atoms with Gasteiger partial charge in [0, 0.05) is 38.3 Å².